The van der Waals surface area contributed by atoms with E-state index in [4.69, 9.17) is 14.5 Å². The minimum Gasteiger partial charge on any atom is -0.493 e. The number of fused-ring (bicyclic) bond motifs is 1. The Labute approximate surface area is 156 Å². The van der Waals surface area contributed by atoms with Gasteiger partial charge in [0.15, 0.2) is 11.5 Å². The minimum atomic E-state index is 0.554. The van der Waals surface area contributed by atoms with Crippen LogP contribution in [0.1, 0.15) is 10.7 Å². The number of methoxy groups -OCH3 is 1. The van der Waals surface area contributed by atoms with Crippen LogP contribution in [0.3, 0.4) is 0 Å². The quantitative estimate of drug-likeness (QED) is 0.474. The van der Waals surface area contributed by atoms with E-state index in [1.54, 1.807) is 18.4 Å². The SMILES string of the molecule is COc1ccccc1OCCn1c(Cc2cccs2)nc2ccccc21. The number of imidazole rings is 1. The first-order valence-corrected chi connectivity index (χ1v) is 9.45. The van der Waals surface area contributed by atoms with Crippen LogP contribution in [-0.4, -0.2) is 23.3 Å². The molecule has 0 bridgehead atoms. The van der Waals surface area contributed by atoms with Crippen molar-refractivity contribution in [2.24, 2.45) is 0 Å². The molecule has 0 fully saturated rings. The lowest BCUT2D eigenvalue weighted by molar-refractivity contribution is 0.280. The second-order valence-electron chi connectivity index (χ2n) is 5.92. The fraction of sp³-hybridized carbons (Fsp3) is 0.190. The van der Waals surface area contributed by atoms with Crippen molar-refractivity contribution >= 4 is 22.4 Å². The van der Waals surface area contributed by atoms with Crippen molar-refractivity contribution in [3.05, 3.63) is 76.7 Å². The van der Waals surface area contributed by atoms with Crippen molar-refractivity contribution in [3.63, 3.8) is 0 Å². The van der Waals surface area contributed by atoms with E-state index in [1.807, 2.05) is 30.3 Å². The van der Waals surface area contributed by atoms with Crippen molar-refractivity contribution in [1.82, 2.24) is 9.55 Å². The predicted molar refractivity (Wildman–Crippen MR) is 105 cm³/mol. The summed E-state index contributed by atoms with van der Waals surface area (Å²) in [5.41, 5.74) is 2.17. The third-order valence-corrected chi connectivity index (χ3v) is 5.16. The number of rotatable bonds is 7. The van der Waals surface area contributed by atoms with E-state index < -0.39 is 0 Å². The predicted octanol–water partition coefficient (Wildman–Crippen LogP) is 4.78. The Morgan fingerprint density at radius 3 is 2.58 bits per heavy atom. The van der Waals surface area contributed by atoms with Gasteiger partial charge in [-0.05, 0) is 35.7 Å². The van der Waals surface area contributed by atoms with Gasteiger partial charge >= 0.3 is 0 Å². The second-order valence-corrected chi connectivity index (χ2v) is 6.96. The second kappa shape index (κ2) is 7.62. The van der Waals surface area contributed by atoms with E-state index in [0.29, 0.717) is 6.61 Å². The maximum atomic E-state index is 5.97. The van der Waals surface area contributed by atoms with Crippen LogP contribution in [0.5, 0.6) is 11.5 Å². The van der Waals surface area contributed by atoms with Gasteiger partial charge in [-0.3, -0.25) is 0 Å². The lowest BCUT2D eigenvalue weighted by Crippen LogP contribution is -2.11. The highest BCUT2D eigenvalue weighted by atomic mass is 32.1. The molecule has 0 unspecified atom stereocenters. The van der Waals surface area contributed by atoms with Gasteiger partial charge in [0, 0.05) is 11.3 Å². The molecule has 2 heterocycles. The summed E-state index contributed by atoms with van der Waals surface area (Å²) < 4.78 is 13.6. The highest BCUT2D eigenvalue weighted by Crippen LogP contribution is 2.26. The van der Waals surface area contributed by atoms with Crippen LogP contribution in [0, 0.1) is 0 Å². The van der Waals surface area contributed by atoms with Gasteiger partial charge in [0.2, 0.25) is 0 Å². The molecule has 2 aromatic heterocycles. The summed E-state index contributed by atoms with van der Waals surface area (Å²) in [6, 6.07) is 20.2. The summed E-state index contributed by atoms with van der Waals surface area (Å²) in [6.07, 6.45) is 0.834. The first-order chi connectivity index (χ1) is 12.8. The molecule has 4 aromatic rings. The molecule has 0 spiro atoms. The maximum absolute atomic E-state index is 5.97. The first kappa shape index (κ1) is 16.7. The highest BCUT2D eigenvalue weighted by molar-refractivity contribution is 7.09. The number of thiophene rings is 1. The van der Waals surface area contributed by atoms with Crippen molar-refractivity contribution < 1.29 is 9.47 Å². The van der Waals surface area contributed by atoms with E-state index in [-0.39, 0.29) is 0 Å². The maximum Gasteiger partial charge on any atom is 0.161 e. The molecule has 0 saturated heterocycles. The monoisotopic (exact) mass is 364 g/mol. The molecule has 4 nitrogen and oxygen atoms in total. The Morgan fingerprint density at radius 1 is 0.962 bits per heavy atom. The van der Waals surface area contributed by atoms with Gasteiger partial charge in [0.25, 0.3) is 0 Å². The number of ether oxygens (including phenoxy) is 2. The third kappa shape index (κ3) is 3.44. The van der Waals surface area contributed by atoms with Crippen LogP contribution in [0.25, 0.3) is 11.0 Å². The van der Waals surface area contributed by atoms with Gasteiger partial charge in [-0.15, -0.1) is 11.3 Å². The zero-order chi connectivity index (χ0) is 17.8. The Bertz CT molecular complexity index is 992. The van der Waals surface area contributed by atoms with Crippen LogP contribution in [0.2, 0.25) is 0 Å². The summed E-state index contributed by atoms with van der Waals surface area (Å²) in [7, 11) is 1.66. The Hall–Kier alpha value is -2.79. The van der Waals surface area contributed by atoms with E-state index in [1.165, 1.54) is 4.88 Å². The summed E-state index contributed by atoms with van der Waals surface area (Å²) in [6.45, 7) is 1.29. The Balaban J connectivity index is 1.56. The molecule has 132 valence electrons. The first-order valence-electron chi connectivity index (χ1n) is 8.57. The molecular formula is C21H20N2O2S. The molecule has 4 rings (SSSR count). The van der Waals surface area contributed by atoms with Crippen LogP contribution in [0.4, 0.5) is 0 Å². The minimum absolute atomic E-state index is 0.554. The molecule has 0 amide bonds. The number of hydrogen-bond donors (Lipinski definition) is 0. The topological polar surface area (TPSA) is 36.3 Å². The van der Waals surface area contributed by atoms with Crippen molar-refractivity contribution in [2.75, 3.05) is 13.7 Å². The molecule has 0 aliphatic rings. The summed E-state index contributed by atoms with van der Waals surface area (Å²) in [5.74, 6) is 2.58. The summed E-state index contributed by atoms with van der Waals surface area (Å²) in [4.78, 5) is 6.15. The van der Waals surface area contributed by atoms with Gasteiger partial charge in [-0.2, -0.15) is 0 Å². The average molecular weight is 364 g/mol. The van der Waals surface area contributed by atoms with Crippen LogP contribution in [-0.2, 0) is 13.0 Å². The zero-order valence-corrected chi connectivity index (χ0v) is 15.4. The summed E-state index contributed by atoms with van der Waals surface area (Å²) >= 11 is 1.76. The fourth-order valence-electron chi connectivity index (χ4n) is 3.06. The number of benzene rings is 2. The molecule has 0 aliphatic carbocycles. The highest BCUT2D eigenvalue weighted by Gasteiger charge is 2.12. The molecular weight excluding hydrogens is 344 g/mol. The van der Waals surface area contributed by atoms with Gasteiger partial charge < -0.3 is 14.0 Å². The van der Waals surface area contributed by atoms with E-state index in [2.05, 4.69) is 40.3 Å². The summed E-state index contributed by atoms with van der Waals surface area (Å²) in [5, 5.41) is 2.10. The smallest absolute Gasteiger partial charge is 0.161 e. The van der Waals surface area contributed by atoms with Crippen LogP contribution >= 0.6 is 11.3 Å². The Morgan fingerprint density at radius 2 is 1.77 bits per heavy atom. The van der Waals surface area contributed by atoms with Crippen LogP contribution in [0.15, 0.2) is 66.0 Å². The number of hydrogen-bond acceptors (Lipinski definition) is 4. The molecule has 0 atom stereocenters. The molecule has 2 aromatic carbocycles. The largest absolute Gasteiger partial charge is 0.493 e. The zero-order valence-electron chi connectivity index (χ0n) is 14.6. The van der Waals surface area contributed by atoms with Gasteiger partial charge in [-0.1, -0.05) is 30.3 Å². The standard InChI is InChI=1S/C21H20N2O2S/c1-24-19-10-4-5-11-20(19)25-13-12-23-18-9-3-2-8-17(18)22-21(23)15-16-7-6-14-26-16/h2-11,14H,12-13,15H2,1H3. The average Bonchev–Trinajstić information content (AvgIpc) is 3.30. The molecule has 26 heavy (non-hydrogen) atoms. The fourth-order valence-corrected chi connectivity index (χ4v) is 3.77. The molecule has 0 N–H and O–H groups in total. The van der Waals surface area contributed by atoms with Crippen molar-refractivity contribution in [2.45, 2.75) is 13.0 Å². The molecule has 0 aliphatic heterocycles. The van der Waals surface area contributed by atoms with Crippen molar-refractivity contribution in [1.29, 1.82) is 0 Å². The number of aromatic nitrogens is 2. The molecule has 5 heteroatoms. The van der Waals surface area contributed by atoms with Gasteiger partial charge in [0.1, 0.15) is 12.4 Å². The van der Waals surface area contributed by atoms with E-state index >= 15 is 0 Å². The normalized spacial score (nSPS) is 11.0. The third-order valence-electron chi connectivity index (χ3n) is 4.29. The lowest BCUT2D eigenvalue weighted by atomic mass is 10.3. The molecule has 0 radical (unpaired) electrons. The van der Waals surface area contributed by atoms with Crippen LogP contribution < -0.4 is 9.47 Å². The van der Waals surface area contributed by atoms with Gasteiger partial charge in [-0.25, -0.2) is 4.98 Å². The molecule has 0 saturated carbocycles. The number of nitrogens with zero attached hydrogens (tertiary/aromatic N) is 2. The number of para-hydroxylation sites is 4. The van der Waals surface area contributed by atoms with Gasteiger partial charge in [0.05, 0.1) is 24.7 Å². The van der Waals surface area contributed by atoms with E-state index in [9.17, 15) is 0 Å². The lowest BCUT2D eigenvalue weighted by Gasteiger charge is -2.12. The van der Waals surface area contributed by atoms with E-state index in [0.717, 1.165) is 41.3 Å². The Kier molecular flexibility index (Phi) is 4.88. The van der Waals surface area contributed by atoms with Crippen molar-refractivity contribution in [3.8, 4) is 11.5 Å².